The second-order valence-corrected chi connectivity index (χ2v) is 4.41. The van der Waals surface area contributed by atoms with E-state index in [4.69, 9.17) is 9.94 Å². The van der Waals surface area contributed by atoms with E-state index >= 15 is 0 Å². The number of rotatable bonds is 3. The standard InChI is InChI=1S/C13H15F2NO2/c14-10-2-1-9(13(15)7-10)8-18-12-5-3-11(16-17)4-6-12/h1-2,7,12,17H,3-6,8H2. The highest BCUT2D eigenvalue weighted by molar-refractivity contribution is 5.84. The molecular formula is C13H15F2NO2. The Morgan fingerprint density at radius 2 is 2.00 bits per heavy atom. The maximum absolute atomic E-state index is 13.3. The molecule has 1 saturated carbocycles. The van der Waals surface area contributed by atoms with Crippen LogP contribution in [0.4, 0.5) is 8.78 Å². The number of halogens is 2. The van der Waals surface area contributed by atoms with Crippen LogP contribution >= 0.6 is 0 Å². The van der Waals surface area contributed by atoms with Gasteiger partial charge >= 0.3 is 0 Å². The van der Waals surface area contributed by atoms with Crippen LogP contribution in [-0.4, -0.2) is 17.0 Å². The molecule has 1 aromatic rings. The van der Waals surface area contributed by atoms with Crippen LogP contribution in [0.5, 0.6) is 0 Å². The summed E-state index contributed by atoms with van der Waals surface area (Å²) in [7, 11) is 0. The zero-order chi connectivity index (χ0) is 13.0. The van der Waals surface area contributed by atoms with Crippen LogP contribution in [0, 0.1) is 11.6 Å². The van der Waals surface area contributed by atoms with Gasteiger partial charge in [0.25, 0.3) is 0 Å². The summed E-state index contributed by atoms with van der Waals surface area (Å²) in [6.45, 7) is 0.141. The first kappa shape index (κ1) is 13.0. The van der Waals surface area contributed by atoms with E-state index in [2.05, 4.69) is 5.16 Å². The van der Waals surface area contributed by atoms with Crippen molar-refractivity contribution < 1.29 is 18.7 Å². The number of nitrogens with zero attached hydrogens (tertiary/aromatic N) is 1. The minimum Gasteiger partial charge on any atom is -0.411 e. The Morgan fingerprint density at radius 1 is 1.28 bits per heavy atom. The SMILES string of the molecule is ON=C1CCC(OCc2ccc(F)cc2F)CC1. The molecule has 18 heavy (non-hydrogen) atoms. The van der Waals surface area contributed by atoms with Gasteiger partial charge in [-0.3, -0.25) is 0 Å². The number of benzene rings is 1. The predicted octanol–water partition coefficient (Wildman–Crippen LogP) is 3.25. The Kier molecular flexibility index (Phi) is 4.25. The van der Waals surface area contributed by atoms with Crippen molar-refractivity contribution in [3.8, 4) is 0 Å². The minimum absolute atomic E-state index is 0.0416. The lowest BCUT2D eigenvalue weighted by Crippen LogP contribution is -2.21. The number of hydrogen-bond acceptors (Lipinski definition) is 3. The Hall–Kier alpha value is -1.49. The first-order valence-corrected chi connectivity index (χ1v) is 5.94. The molecule has 1 aliphatic carbocycles. The van der Waals surface area contributed by atoms with E-state index in [1.54, 1.807) is 0 Å². The molecule has 5 heteroatoms. The van der Waals surface area contributed by atoms with Crippen molar-refractivity contribution in [2.75, 3.05) is 0 Å². The van der Waals surface area contributed by atoms with Gasteiger partial charge < -0.3 is 9.94 Å². The zero-order valence-corrected chi connectivity index (χ0v) is 9.90. The Balaban J connectivity index is 1.85. The van der Waals surface area contributed by atoms with E-state index < -0.39 is 11.6 Å². The molecule has 0 spiro atoms. The molecule has 3 nitrogen and oxygen atoms in total. The molecule has 1 aromatic carbocycles. The molecule has 0 unspecified atom stereocenters. The summed E-state index contributed by atoms with van der Waals surface area (Å²) in [5.74, 6) is -1.17. The van der Waals surface area contributed by atoms with Crippen molar-refractivity contribution >= 4 is 5.71 Å². The minimum atomic E-state index is -0.585. The molecule has 0 aromatic heterocycles. The normalized spacial score (nSPS) is 19.9. The second-order valence-electron chi connectivity index (χ2n) is 4.41. The summed E-state index contributed by atoms with van der Waals surface area (Å²) in [5.41, 5.74) is 1.14. The first-order valence-electron chi connectivity index (χ1n) is 5.94. The fraction of sp³-hybridized carbons (Fsp3) is 0.462. The Labute approximate surface area is 104 Å². The molecule has 0 bridgehead atoms. The van der Waals surface area contributed by atoms with Gasteiger partial charge in [0.2, 0.25) is 0 Å². The van der Waals surface area contributed by atoms with Crippen molar-refractivity contribution in [3.05, 3.63) is 35.4 Å². The predicted molar refractivity (Wildman–Crippen MR) is 62.6 cm³/mol. The lowest BCUT2D eigenvalue weighted by Gasteiger charge is -2.22. The lowest BCUT2D eigenvalue weighted by atomic mass is 9.96. The first-order chi connectivity index (χ1) is 8.69. The van der Waals surface area contributed by atoms with Crippen molar-refractivity contribution in [1.82, 2.24) is 0 Å². The van der Waals surface area contributed by atoms with Crippen LogP contribution < -0.4 is 0 Å². The molecule has 1 fully saturated rings. The van der Waals surface area contributed by atoms with E-state index in [0.717, 1.165) is 24.6 Å². The highest BCUT2D eigenvalue weighted by atomic mass is 19.1. The zero-order valence-electron chi connectivity index (χ0n) is 9.90. The van der Waals surface area contributed by atoms with Crippen LogP contribution in [0.1, 0.15) is 31.2 Å². The topological polar surface area (TPSA) is 41.8 Å². The van der Waals surface area contributed by atoms with Crippen molar-refractivity contribution in [2.45, 2.75) is 38.4 Å². The van der Waals surface area contributed by atoms with Crippen molar-refractivity contribution in [2.24, 2.45) is 5.16 Å². The van der Waals surface area contributed by atoms with E-state index in [1.807, 2.05) is 0 Å². The molecule has 1 aliphatic rings. The monoisotopic (exact) mass is 255 g/mol. The summed E-state index contributed by atoms with van der Waals surface area (Å²) < 4.78 is 31.6. The smallest absolute Gasteiger partial charge is 0.131 e. The van der Waals surface area contributed by atoms with Crippen molar-refractivity contribution in [1.29, 1.82) is 0 Å². The molecule has 2 rings (SSSR count). The van der Waals surface area contributed by atoms with Crippen LogP contribution in [0.25, 0.3) is 0 Å². The van der Waals surface area contributed by atoms with Crippen LogP contribution in [-0.2, 0) is 11.3 Å². The molecule has 0 amide bonds. The molecule has 0 atom stereocenters. The summed E-state index contributed by atoms with van der Waals surface area (Å²) in [5, 5.41) is 11.8. The van der Waals surface area contributed by atoms with Gasteiger partial charge in [0.05, 0.1) is 18.4 Å². The van der Waals surface area contributed by atoms with Gasteiger partial charge in [0, 0.05) is 11.6 Å². The number of ether oxygens (including phenoxy) is 1. The third kappa shape index (κ3) is 3.26. The van der Waals surface area contributed by atoms with Gasteiger partial charge in [0.1, 0.15) is 11.6 Å². The summed E-state index contributed by atoms with van der Waals surface area (Å²) in [6.07, 6.45) is 2.98. The lowest BCUT2D eigenvalue weighted by molar-refractivity contribution is 0.0263. The van der Waals surface area contributed by atoms with Gasteiger partial charge in [0.15, 0.2) is 0 Å². The third-order valence-corrected chi connectivity index (χ3v) is 3.14. The van der Waals surface area contributed by atoms with E-state index in [-0.39, 0.29) is 12.7 Å². The van der Waals surface area contributed by atoms with Gasteiger partial charge in [-0.05, 0) is 31.7 Å². The fourth-order valence-electron chi connectivity index (χ4n) is 2.04. The maximum Gasteiger partial charge on any atom is 0.131 e. The molecular weight excluding hydrogens is 240 g/mol. The summed E-state index contributed by atoms with van der Waals surface area (Å²) in [6, 6.07) is 3.48. The summed E-state index contributed by atoms with van der Waals surface area (Å²) in [4.78, 5) is 0. The van der Waals surface area contributed by atoms with Crippen LogP contribution in [0.2, 0.25) is 0 Å². The van der Waals surface area contributed by atoms with E-state index in [1.165, 1.54) is 12.1 Å². The number of oxime groups is 1. The second kappa shape index (κ2) is 5.91. The van der Waals surface area contributed by atoms with Crippen LogP contribution in [0.3, 0.4) is 0 Å². The van der Waals surface area contributed by atoms with Crippen LogP contribution in [0.15, 0.2) is 23.4 Å². The molecule has 98 valence electrons. The van der Waals surface area contributed by atoms with E-state index in [9.17, 15) is 8.78 Å². The molecule has 0 saturated heterocycles. The Bertz CT molecular complexity index is 439. The highest BCUT2D eigenvalue weighted by Gasteiger charge is 2.18. The maximum atomic E-state index is 13.3. The third-order valence-electron chi connectivity index (χ3n) is 3.14. The molecule has 0 aliphatic heterocycles. The van der Waals surface area contributed by atoms with E-state index in [0.29, 0.717) is 18.4 Å². The molecule has 0 heterocycles. The molecule has 1 N–H and O–H groups in total. The largest absolute Gasteiger partial charge is 0.411 e. The average Bonchev–Trinajstić information content (AvgIpc) is 2.38. The molecule has 0 radical (unpaired) electrons. The van der Waals surface area contributed by atoms with Gasteiger partial charge in [-0.2, -0.15) is 0 Å². The number of hydrogen-bond donors (Lipinski definition) is 1. The highest BCUT2D eigenvalue weighted by Crippen LogP contribution is 2.21. The van der Waals surface area contributed by atoms with Gasteiger partial charge in [-0.15, -0.1) is 0 Å². The van der Waals surface area contributed by atoms with Crippen molar-refractivity contribution in [3.63, 3.8) is 0 Å². The quantitative estimate of drug-likeness (QED) is 0.665. The fourth-order valence-corrected chi connectivity index (χ4v) is 2.04. The van der Waals surface area contributed by atoms with Gasteiger partial charge in [-0.25, -0.2) is 8.78 Å². The Morgan fingerprint density at radius 3 is 2.61 bits per heavy atom. The summed E-state index contributed by atoms with van der Waals surface area (Å²) >= 11 is 0. The van der Waals surface area contributed by atoms with Gasteiger partial charge in [-0.1, -0.05) is 11.2 Å². The average molecular weight is 255 g/mol.